The molecule has 0 spiro atoms. The van der Waals surface area contributed by atoms with Gasteiger partial charge in [-0.2, -0.15) is 0 Å². The lowest BCUT2D eigenvalue weighted by molar-refractivity contribution is 0.0783. The van der Waals surface area contributed by atoms with Gasteiger partial charge in [0.2, 0.25) is 10.0 Å². The summed E-state index contributed by atoms with van der Waals surface area (Å²) < 4.78 is 29.7. The number of likely N-dealkylation sites (tertiary alicyclic amines) is 1. The van der Waals surface area contributed by atoms with Gasteiger partial charge in [-0.1, -0.05) is 23.7 Å². The molecular formula is C18H22ClN3O3S. The maximum Gasteiger partial charge on any atom is 0.270 e. The molecule has 0 atom stereocenters. The topological polar surface area (TPSA) is 71.4 Å². The number of amides is 1. The highest BCUT2D eigenvalue weighted by Gasteiger charge is 2.27. The summed E-state index contributed by atoms with van der Waals surface area (Å²) in [6.45, 7) is 3.31. The Bertz CT molecular complexity index is 914. The molecule has 2 aromatic rings. The Hall–Kier alpha value is -1.83. The Morgan fingerprint density at radius 2 is 1.81 bits per heavy atom. The van der Waals surface area contributed by atoms with Crippen molar-refractivity contribution in [1.82, 2.24) is 14.2 Å². The molecule has 0 unspecified atom stereocenters. The average molecular weight is 396 g/mol. The highest BCUT2D eigenvalue weighted by Crippen LogP contribution is 2.22. The summed E-state index contributed by atoms with van der Waals surface area (Å²) in [4.78, 5) is 14.6. The minimum absolute atomic E-state index is 0.118. The third-order valence-corrected chi connectivity index (χ3v) is 6.54. The zero-order chi connectivity index (χ0) is 18.9. The largest absolute Gasteiger partial charge is 0.343 e. The molecule has 1 fully saturated rings. The molecule has 1 aromatic heterocycles. The van der Waals surface area contributed by atoms with E-state index in [9.17, 15) is 13.2 Å². The number of carbonyl (C=O) groups is 1. The summed E-state index contributed by atoms with van der Waals surface area (Å²) in [5.41, 5.74) is 1.74. The van der Waals surface area contributed by atoms with Crippen molar-refractivity contribution in [1.29, 1.82) is 0 Å². The van der Waals surface area contributed by atoms with Crippen LogP contribution in [0.3, 0.4) is 0 Å². The van der Waals surface area contributed by atoms with Crippen LogP contribution >= 0.6 is 11.6 Å². The second-order valence-electron chi connectivity index (χ2n) is 6.49. The van der Waals surface area contributed by atoms with E-state index in [1.165, 1.54) is 6.07 Å². The first-order valence-electron chi connectivity index (χ1n) is 8.49. The molecule has 1 aromatic carbocycles. The van der Waals surface area contributed by atoms with Crippen LogP contribution in [0.25, 0.3) is 0 Å². The van der Waals surface area contributed by atoms with Gasteiger partial charge in [-0.25, -0.2) is 13.1 Å². The van der Waals surface area contributed by atoms with Crippen LogP contribution < -0.4 is 4.72 Å². The van der Waals surface area contributed by atoms with Gasteiger partial charge in [0.05, 0.1) is 0 Å². The molecule has 2 heterocycles. The first kappa shape index (κ1) is 18.9. The molecule has 8 heteroatoms. The summed E-state index contributed by atoms with van der Waals surface area (Å²) in [5, 5.41) is 0.598. The smallest absolute Gasteiger partial charge is 0.270 e. The number of carbonyl (C=O) groups excluding carboxylic acids is 1. The zero-order valence-corrected chi connectivity index (χ0v) is 16.4. The Morgan fingerprint density at radius 3 is 2.42 bits per heavy atom. The van der Waals surface area contributed by atoms with Crippen molar-refractivity contribution >= 4 is 27.5 Å². The molecular weight excluding hydrogens is 374 g/mol. The van der Waals surface area contributed by atoms with Gasteiger partial charge < -0.3 is 9.47 Å². The van der Waals surface area contributed by atoms with E-state index in [0.717, 1.165) is 31.5 Å². The molecule has 0 radical (unpaired) electrons. The van der Waals surface area contributed by atoms with Gasteiger partial charge in [0, 0.05) is 37.4 Å². The SMILES string of the molecule is Cc1c(S(=O)(=O)NCc2ccc(Cl)cc2)cc(C(=O)N2CCCC2)n1C. The van der Waals surface area contributed by atoms with Gasteiger partial charge in [-0.3, -0.25) is 4.79 Å². The van der Waals surface area contributed by atoms with Crippen LogP contribution in [0.5, 0.6) is 0 Å². The molecule has 26 heavy (non-hydrogen) atoms. The van der Waals surface area contributed by atoms with Crippen LogP contribution in [0.2, 0.25) is 5.02 Å². The predicted octanol–water partition coefficient (Wildman–Crippen LogP) is 2.70. The third kappa shape index (κ3) is 3.79. The molecule has 1 aliphatic rings. The Labute approximate surface area is 158 Å². The zero-order valence-electron chi connectivity index (χ0n) is 14.8. The highest BCUT2D eigenvalue weighted by atomic mass is 35.5. The van der Waals surface area contributed by atoms with Crippen molar-refractivity contribution in [2.45, 2.75) is 31.2 Å². The molecule has 140 valence electrons. The normalized spacial score (nSPS) is 14.8. The van der Waals surface area contributed by atoms with E-state index >= 15 is 0 Å². The first-order valence-corrected chi connectivity index (χ1v) is 10.4. The number of rotatable bonds is 5. The molecule has 0 bridgehead atoms. The minimum atomic E-state index is -3.73. The summed E-state index contributed by atoms with van der Waals surface area (Å²) in [6.07, 6.45) is 1.98. The third-order valence-electron chi connectivity index (χ3n) is 4.77. The number of sulfonamides is 1. The number of nitrogens with one attached hydrogen (secondary N) is 1. The summed E-state index contributed by atoms with van der Waals surface area (Å²) in [7, 11) is -2.01. The minimum Gasteiger partial charge on any atom is -0.343 e. The van der Waals surface area contributed by atoms with E-state index in [-0.39, 0.29) is 17.3 Å². The van der Waals surface area contributed by atoms with Crippen molar-refractivity contribution in [2.24, 2.45) is 7.05 Å². The van der Waals surface area contributed by atoms with E-state index in [0.29, 0.717) is 16.4 Å². The molecule has 1 N–H and O–H groups in total. The molecule has 1 saturated heterocycles. The summed E-state index contributed by atoms with van der Waals surface area (Å²) in [6, 6.07) is 8.44. The van der Waals surface area contributed by atoms with E-state index < -0.39 is 10.0 Å². The van der Waals surface area contributed by atoms with Crippen LogP contribution in [0.1, 0.15) is 34.6 Å². The molecule has 1 amide bonds. The van der Waals surface area contributed by atoms with Crippen LogP contribution in [0.15, 0.2) is 35.2 Å². The van der Waals surface area contributed by atoms with Crippen molar-refractivity contribution in [3.8, 4) is 0 Å². The fourth-order valence-electron chi connectivity index (χ4n) is 3.09. The quantitative estimate of drug-likeness (QED) is 0.846. The maximum absolute atomic E-state index is 12.7. The Balaban J connectivity index is 1.82. The number of hydrogen-bond acceptors (Lipinski definition) is 3. The van der Waals surface area contributed by atoms with Gasteiger partial charge in [-0.15, -0.1) is 0 Å². The van der Waals surface area contributed by atoms with Crippen LogP contribution in [0.4, 0.5) is 0 Å². The monoisotopic (exact) mass is 395 g/mol. The number of hydrogen-bond donors (Lipinski definition) is 1. The van der Waals surface area contributed by atoms with Crippen molar-refractivity contribution in [3.63, 3.8) is 0 Å². The van der Waals surface area contributed by atoms with Crippen LogP contribution in [-0.2, 0) is 23.6 Å². The lowest BCUT2D eigenvalue weighted by Crippen LogP contribution is -2.29. The van der Waals surface area contributed by atoms with Gasteiger partial charge in [0.1, 0.15) is 10.6 Å². The van der Waals surface area contributed by atoms with Gasteiger partial charge >= 0.3 is 0 Å². The van der Waals surface area contributed by atoms with E-state index in [1.807, 2.05) is 0 Å². The van der Waals surface area contributed by atoms with Crippen LogP contribution in [0, 0.1) is 6.92 Å². The fourth-order valence-corrected chi connectivity index (χ4v) is 4.52. The molecule has 3 rings (SSSR count). The van der Waals surface area contributed by atoms with Crippen LogP contribution in [-0.4, -0.2) is 36.9 Å². The van der Waals surface area contributed by atoms with E-state index in [4.69, 9.17) is 11.6 Å². The highest BCUT2D eigenvalue weighted by molar-refractivity contribution is 7.89. The number of halogens is 1. The molecule has 0 saturated carbocycles. The lowest BCUT2D eigenvalue weighted by Gasteiger charge is -2.15. The number of benzene rings is 1. The molecule has 6 nitrogen and oxygen atoms in total. The fraction of sp³-hybridized carbons (Fsp3) is 0.389. The number of nitrogens with zero attached hydrogens (tertiary/aromatic N) is 2. The number of aromatic nitrogens is 1. The molecule has 1 aliphatic heterocycles. The van der Waals surface area contributed by atoms with Gasteiger partial charge in [0.15, 0.2) is 0 Å². The van der Waals surface area contributed by atoms with E-state index in [1.54, 1.807) is 47.7 Å². The second-order valence-corrected chi connectivity index (χ2v) is 8.66. The van der Waals surface area contributed by atoms with E-state index in [2.05, 4.69) is 4.72 Å². The standard InChI is InChI=1S/C18H22ClN3O3S/c1-13-17(11-16(21(13)2)18(23)22-9-3-4-10-22)26(24,25)20-12-14-5-7-15(19)8-6-14/h5-8,11,20H,3-4,9-10,12H2,1-2H3. The lowest BCUT2D eigenvalue weighted by atomic mass is 10.2. The summed E-state index contributed by atoms with van der Waals surface area (Å²) >= 11 is 5.84. The molecule has 0 aliphatic carbocycles. The maximum atomic E-state index is 12.7. The first-order chi connectivity index (χ1) is 12.3. The van der Waals surface area contributed by atoms with Gasteiger partial charge in [-0.05, 0) is 43.5 Å². The Kier molecular flexibility index (Phi) is 5.41. The second kappa shape index (κ2) is 7.42. The summed E-state index contributed by atoms with van der Waals surface area (Å²) in [5.74, 6) is -0.118. The van der Waals surface area contributed by atoms with Crippen molar-refractivity contribution < 1.29 is 13.2 Å². The predicted molar refractivity (Wildman–Crippen MR) is 101 cm³/mol. The van der Waals surface area contributed by atoms with Gasteiger partial charge in [0.25, 0.3) is 5.91 Å². The van der Waals surface area contributed by atoms with Crippen molar-refractivity contribution in [2.75, 3.05) is 13.1 Å². The Morgan fingerprint density at radius 1 is 1.19 bits per heavy atom. The van der Waals surface area contributed by atoms with Crippen molar-refractivity contribution in [3.05, 3.63) is 52.3 Å². The average Bonchev–Trinajstić information content (AvgIpc) is 3.24.